The zero-order valence-electron chi connectivity index (χ0n) is 10.1. The molecule has 0 fully saturated rings. The van der Waals surface area contributed by atoms with Gasteiger partial charge in [0.25, 0.3) is 10.0 Å². The molecule has 0 bridgehead atoms. The van der Waals surface area contributed by atoms with Crippen molar-refractivity contribution in [3.8, 4) is 0 Å². The molecule has 0 saturated carbocycles. The molecule has 0 unspecified atom stereocenters. The average molecular weight is 281 g/mol. The Morgan fingerprint density at radius 2 is 1.84 bits per heavy atom. The SMILES string of the molecule is CN(c1ccncc1)S(=O)(=O)c1c(N)cccc1F. The van der Waals surface area contributed by atoms with E-state index >= 15 is 0 Å². The summed E-state index contributed by atoms with van der Waals surface area (Å²) in [7, 11) is -2.72. The Morgan fingerprint density at radius 3 is 2.42 bits per heavy atom. The number of pyridine rings is 1. The summed E-state index contributed by atoms with van der Waals surface area (Å²) >= 11 is 0. The van der Waals surface area contributed by atoms with Crippen LogP contribution in [0, 0.1) is 5.82 Å². The molecule has 2 aromatic rings. The number of benzene rings is 1. The first-order valence-corrected chi connectivity index (χ1v) is 6.81. The first-order chi connectivity index (χ1) is 8.94. The third-order valence-corrected chi connectivity index (χ3v) is 4.52. The van der Waals surface area contributed by atoms with E-state index in [-0.39, 0.29) is 5.69 Å². The number of anilines is 2. The molecule has 0 aliphatic rings. The number of nitrogens with zero attached hydrogens (tertiary/aromatic N) is 2. The van der Waals surface area contributed by atoms with Gasteiger partial charge in [-0.2, -0.15) is 0 Å². The van der Waals surface area contributed by atoms with Gasteiger partial charge in [0.2, 0.25) is 0 Å². The summed E-state index contributed by atoms with van der Waals surface area (Å²) < 4.78 is 39.4. The summed E-state index contributed by atoms with van der Waals surface area (Å²) in [5.74, 6) is -0.874. The number of aromatic nitrogens is 1. The molecule has 0 radical (unpaired) electrons. The molecule has 0 spiro atoms. The van der Waals surface area contributed by atoms with Crippen LogP contribution in [-0.4, -0.2) is 20.4 Å². The van der Waals surface area contributed by atoms with E-state index < -0.39 is 20.7 Å². The molecule has 1 aromatic carbocycles. The van der Waals surface area contributed by atoms with Crippen molar-refractivity contribution in [3.63, 3.8) is 0 Å². The van der Waals surface area contributed by atoms with Crippen molar-refractivity contribution in [2.75, 3.05) is 17.1 Å². The Bertz CT molecular complexity index is 669. The lowest BCUT2D eigenvalue weighted by molar-refractivity contribution is 0.567. The lowest BCUT2D eigenvalue weighted by Gasteiger charge is -2.20. The molecule has 0 saturated heterocycles. The van der Waals surface area contributed by atoms with Gasteiger partial charge in [-0.1, -0.05) is 6.07 Å². The number of hydrogen-bond acceptors (Lipinski definition) is 4. The second-order valence-corrected chi connectivity index (χ2v) is 5.74. The molecular formula is C12H12FN3O2S. The fraction of sp³-hybridized carbons (Fsp3) is 0.0833. The third kappa shape index (κ3) is 2.37. The number of halogens is 1. The third-order valence-electron chi connectivity index (χ3n) is 2.64. The van der Waals surface area contributed by atoms with E-state index in [0.29, 0.717) is 5.69 Å². The van der Waals surface area contributed by atoms with Crippen molar-refractivity contribution in [1.29, 1.82) is 0 Å². The van der Waals surface area contributed by atoms with Crippen LogP contribution in [0.25, 0.3) is 0 Å². The van der Waals surface area contributed by atoms with Crippen molar-refractivity contribution in [3.05, 3.63) is 48.5 Å². The van der Waals surface area contributed by atoms with Gasteiger partial charge in [0, 0.05) is 19.4 Å². The normalized spacial score (nSPS) is 11.3. The molecule has 0 aliphatic carbocycles. The van der Waals surface area contributed by atoms with Crippen LogP contribution >= 0.6 is 0 Å². The Balaban J connectivity index is 2.55. The van der Waals surface area contributed by atoms with Crippen molar-refractivity contribution in [2.24, 2.45) is 0 Å². The number of nitrogens with two attached hydrogens (primary N) is 1. The fourth-order valence-corrected chi connectivity index (χ4v) is 2.98. The Hall–Kier alpha value is -2.15. The molecule has 0 atom stereocenters. The first kappa shape index (κ1) is 13.3. The maximum atomic E-state index is 13.7. The summed E-state index contributed by atoms with van der Waals surface area (Å²) in [6, 6.07) is 6.78. The van der Waals surface area contributed by atoms with Crippen molar-refractivity contribution >= 4 is 21.4 Å². The number of hydrogen-bond donors (Lipinski definition) is 1. The summed E-state index contributed by atoms with van der Waals surface area (Å²) in [4.78, 5) is 3.28. The van der Waals surface area contributed by atoms with E-state index in [4.69, 9.17) is 5.73 Å². The van der Waals surface area contributed by atoms with Crippen molar-refractivity contribution in [2.45, 2.75) is 4.90 Å². The van der Waals surface area contributed by atoms with Crippen LogP contribution in [-0.2, 0) is 10.0 Å². The van der Waals surface area contributed by atoms with Gasteiger partial charge in [0.15, 0.2) is 0 Å². The summed E-state index contributed by atoms with van der Waals surface area (Å²) in [6.07, 6.45) is 2.90. The quantitative estimate of drug-likeness (QED) is 0.867. The fourth-order valence-electron chi connectivity index (χ4n) is 1.63. The summed E-state index contributed by atoms with van der Waals surface area (Å²) in [6.45, 7) is 0. The molecule has 2 rings (SSSR count). The molecule has 5 nitrogen and oxygen atoms in total. The molecule has 100 valence electrons. The molecule has 19 heavy (non-hydrogen) atoms. The van der Waals surface area contributed by atoms with Crippen LogP contribution < -0.4 is 10.0 Å². The highest BCUT2D eigenvalue weighted by Crippen LogP contribution is 2.27. The van der Waals surface area contributed by atoms with E-state index in [9.17, 15) is 12.8 Å². The van der Waals surface area contributed by atoms with Gasteiger partial charge in [-0.05, 0) is 24.3 Å². The zero-order valence-corrected chi connectivity index (χ0v) is 10.9. The lowest BCUT2D eigenvalue weighted by Crippen LogP contribution is -2.28. The van der Waals surface area contributed by atoms with Gasteiger partial charge in [0.1, 0.15) is 10.7 Å². The zero-order chi connectivity index (χ0) is 14.0. The largest absolute Gasteiger partial charge is 0.398 e. The second-order valence-electron chi connectivity index (χ2n) is 3.84. The van der Waals surface area contributed by atoms with Gasteiger partial charge >= 0.3 is 0 Å². The standard InChI is InChI=1S/C12H12FN3O2S/c1-16(9-5-7-15-8-6-9)19(17,18)12-10(13)3-2-4-11(12)14/h2-8H,14H2,1H3. The highest BCUT2D eigenvalue weighted by Gasteiger charge is 2.27. The Kier molecular flexibility index (Phi) is 3.39. The predicted molar refractivity (Wildman–Crippen MR) is 70.6 cm³/mol. The number of nitrogen functional groups attached to an aromatic ring is 1. The molecule has 1 heterocycles. The maximum absolute atomic E-state index is 13.7. The monoisotopic (exact) mass is 281 g/mol. The van der Waals surface area contributed by atoms with E-state index in [1.807, 2.05) is 0 Å². The van der Waals surface area contributed by atoms with Gasteiger partial charge in [0.05, 0.1) is 11.4 Å². The van der Waals surface area contributed by atoms with Crippen molar-refractivity contribution < 1.29 is 12.8 Å². The Labute approximate surface area is 110 Å². The number of rotatable bonds is 3. The van der Waals surface area contributed by atoms with Crippen LogP contribution in [0.3, 0.4) is 0 Å². The van der Waals surface area contributed by atoms with Crippen LogP contribution in [0.15, 0.2) is 47.6 Å². The lowest BCUT2D eigenvalue weighted by atomic mass is 10.3. The number of sulfonamides is 1. The van der Waals surface area contributed by atoms with E-state index in [1.165, 1.54) is 43.7 Å². The van der Waals surface area contributed by atoms with Crippen LogP contribution in [0.1, 0.15) is 0 Å². The van der Waals surface area contributed by atoms with Crippen LogP contribution in [0.4, 0.5) is 15.8 Å². The minimum atomic E-state index is -4.05. The molecule has 1 aromatic heterocycles. The minimum Gasteiger partial charge on any atom is -0.398 e. The Morgan fingerprint density at radius 1 is 1.21 bits per heavy atom. The topological polar surface area (TPSA) is 76.3 Å². The molecule has 0 amide bonds. The highest BCUT2D eigenvalue weighted by molar-refractivity contribution is 7.93. The predicted octanol–water partition coefficient (Wildman–Crippen LogP) is 1.63. The van der Waals surface area contributed by atoms with E-state index in [1.54, 1.807) is 0 Å². The van der Waals surface area contributed by atoms with Crippen LogP contribution in [0.5, 0.6) is 0 Å². The van der Waals surface area contributed by atoms with Crippen LogP contribution in [0.2, 0.25) is 0 Å². The molecule has 7 heteroatoms. The smallest absolute Gasteiger partial charge is 0.269 e. The molecular weight excluding hydrogens is 269 g/mol. The summed E-state index contributed by atoms with van der Waals surface area (Å²) in [5, 5.41) is 0. The molecule has 0 aliphatic heterocycles. The summed E-state index contributed by atoms with van der Waals surface area (Å²) in [5.41, 5.74) is 5.81. The van der Waals surface area contributed by atoms with Gasteiger partial charge in [-0.25, -0.2) is 12.8 Å². The highest BCUT2D eigenvalue weighted by atomic mass is 32.2. The average Bonchev–Trinajstić information content (AvgIpc) is 2.38. The van der Waals surface area contributed by atoms with E-state index in [0.717, 1.165) is 10.4 Å². The van der Waals surface area contributed by atoms with Gasteiger partial charge in [-0.3, -0.25) is 9.29 Å². The van der Waals surface area contributed by atoms with Gasteiger partial charge in [-0.15, -0.1) is 0 Å². The van der Waals surface area contributed by atoms with E-state index in [2.05, 4.69) is 4.98 Å². The van der Waals surface area contributed by atoms with Crippen molar-refractivity contribution in [1.82, 2.24) is 4.98 Å². The van der Waals surface area contributed by atoms with Gasteiger partial charge < -0.3 is 5.73 Å². The maximum Gasteiger partial charge on any atom is 0.269 e. The first-order valence-electron chi connectivity index (χ1n) is 5.37. The molecule has 2 N–H and O–H groups in total. The second kappa shape index (κ2) is 4.85. The minimum absolute atomic E-state index is 0.124.